The molecule has 3 rings (SSSR count). The van der Waals surface area contributed by atoms with Crippen molar-refractivity contribution in [3.63, 3.8) is 0 Å². The van der Waals surface area contributed by atoms with Gasteiger partial charge in [-0.05, 0) is 30.2 Å². The molecule has 0 amide bonds. The molecule has 0 bridgehead atoms. The summed E-state index contributed by atoms with van der Waals surface area (Å²) in [7, 11) is 0. The number of alkyl halides is 3. The van der Waals surface area contributed by atoms with E-state index in [9.17, 15) is 13.2 Å². The van der Waals surface area contributed by atoms with E-state index >= 15 is 0 Å². The van der Waals surface area contributed by atoms with E-state index in [-0.39, 0.29) is 5.13 Å². The Labute approximate surface area is 117 Å². The summed E-state index contributed by atoms with van der Waals surface area (Å²) in [6, 6.07) is 5.73. The van der Waals surface area contributed by atoms with Gasteiger partial charge in [0.2, 0.25) is 11.0 Å². The lowest BCUT2D eigenvalue weighted by atomic mass is 9.99. The van der Waals surface area contributed by atoms with E-state index in [0.29, 0.717) is 11.5 Å². The molecule has 0 atom stereocenters. The fourth-order valence-electron chi connectivity index (χ4n) is 2.15. The van der Waals surface area contributed by atoms with Gasteiger partial charge in [0.15, 0.2) is 0 Å². The molecule has 0 saturated carbocycles. The van der Waals surface area contributed by atoms with Crippen LogP contribution >= 0.6 is 11.5 Å². The van der Waals surface area contributed by atoms with Crippen LogP contribution in [0.4, 0.5) is 24.0 Å². The van der Waals surface area contributed by atoms with Gasteiger partial charge in [0.1, 0.15) is 0 Å². The first-order chi connectivity index (χ1) is 9.54. The summed E-state index contributed by atoms with van der Waals surface area (Å²) in [5, 5.41) is 6.35. The van der Waals surface area contributed by atoms with Gasteiger partial charge in [-0.2, -0.15) is 22.5 Å². The maximum absolute atomic E-state index is 12.5. The van der Waals surface area contributed by atoms with Crippen LogP contribution in [0.2, 0.25) is 0 Å². The second kappa shape index (κ2) is 5.02. The third-order valence-electron chi connectivity index (χ3n) is 3.06. The number of fused-ring (bicyclic) bond motifs is 1. The van der Waals surface area contributed by atoms with E-state index in [1.807, 2.05) is 18.2 Å². The summed E-state index contributed by atoms with van der Waals surface area (Å²) < 4.78 is 40.7. The molecule has 0 spiro atoms. The average molecular weight is 300 g/mol. The Morgan fingerprint density at radius 1 is 1.30 bits per heavy atom. The Kier molecular flexibility index (Phi) is 3.35. The predicted molar refractivity (Wildman–Crippen MR) is 70.0 cm³/mol. The number of nitrogens with zero attached hydrogens (tertiary/aromatic N) is 2. The first-order valence-corrected chi connectivity index (χ1v) is 6.81. The highest BCUT2D eigenvalue weighted by Crippen LogP contribution is 2.31. The van der Waals surface area contributed by atoms with Crippen LogP contribution in [0, 0.1) is 0 Å². The van der Waals surface area contributed by atoms with Crippen molar-refractivity contribution in [2.45, 2.75) is 19.1 Å². The van der Waals surface area contributed by atoms with Crippen LogP contribution < -0.4 is 10.6 Å². The summed E-state index contributed by atoms with van der Waals surface area (Å²) in [5.41, 5.74) is 3.07. The van der Waals surface area contributed by atoms with Crippen LogP contribution in [-0.4, -0.2) is 15.9 Å². The van der Waals surface area contributed by atoms with Crippen molar-refractivity contribution >= 4 is 22.4 Å². The molecule has 4 nitrogen and oxygen atoms in total. The van der Waals surface area contributed by atoms with Gasteiger partial charge in [-0.1, -0.05) is 12.1 Å². The van der Waals surface area contributed by atoms with Crippen molar-refractivity contribution < 1.29 is 13.2 Å². The van der Waals surface area contributed by atoms with Gasteiger partial charge in [0.25, 0.3) is 0 Å². The number of anilines is 2. The van der Waals surface area contributed by atoms with E-state index in [1.54, 1.807) is 0 Å². The quantitative estimate of drug-likeness (QED) is 0.895. The van der Waals surface area contributed by atoms with Crippen molar-refractivity contribution in [2.75, 3.05) is 11.9 Å². The highest BCUT2D eigenvalue weighted by molar-refractivity contribution is 7.09. The molecular formula is C12H11F3N4S. The summed E-state index contributed by atoms with van der Waals surface area (Å²) in [5.74, 6) is -1.10. The van der Waals surface area contributed by atoms with Gasteiger partial charge in [-0.3, -0.25) is 0 Å². The van der Waals surface area contributed by atoms with Gasteiger partial charge in [-0.15, -0.1) is 0 Å². The number of nitrogens with one attached hydrogen (secondary N) is 2. The van der Waals surface area contributed by atoms with E-state index in [4.69, 9.17) is 0 Å². The summed E-state index contributed by atoms with van der Waals surface area (Å²) in [6.07, 6.45) is -3.67. The van der Waals surface area contributed by atoms with Crippen LogP contribution in [0.1, 0.15) is 17.0 Å². The minimum atomic E-state index is -4.50. The van der Waals surface area contributed by atoms with Crippen LogP contribution in [0.15, 0.2) is 18.2 Å². The minimum absolute atomic E-state index is 0.157. The predicted octanol–water partition coefficient (Wildman–Crippen LogP) is 2.95. The Hall–Kier alpha value is -1.67. The van der Waals surface area contributed by atoms with Gasteiger partial charge in [0.05, 0.1) is 0 Å². The lowest BCUT2D eigenvalue weighted by molar-refractivity contribution is -0.144. The molecule has 0 aliphatic carbocycles. The first kappa shape index (κ1) is 13.3. The standard InChI is InChI=1S/C12H11F3N4S/c13-12(14,15)10-18-11(20-19-10)17-9-3-1-2-7-6-16-5-4-8(7)9/h1-3,16H,4-6H2,(H,17,18,19). The molecule has 0 saturated heterocycles. The first-order valence-electron chi connectivity index (χ1n) is 6.03. The van der Waals surface area contributed by atoms with Gasteiger partial charge in [0, 0.05) is 23.8 Å². The number of hydrogen-bond donors (Lipinski definition) is 2. The second-order valence-corrected chi connectivity index (χ2v) is 5.17. The molecule has 0 unspecified atom stereocenters. The average Bonchev–Trinajstić information content (AvgIpc) is 2.88. The maximum Gasteiger partial charge on any atom is 0.452 e. The molecular weight excluding hydrogens is 289 g/mol. The second-order valence-electron chi connectivity index (χ2n) is 4.42. The monoisotopic (exact) mass is 300 g/mol. The Morgan fingerprint density at radius 3 is 2.90 bits per heavy atom. The van der Waals surface area contributed by atoms with Crippen molar-refractivity contribution in [3.05, 3.63) is 35.2 Å². The molecule has 2 N–H and O–H groups in total. The molecule has 0 radical (unpaired) electrons. The number of rotatable bonds is 2. The van der Waals surface area contributed by atoms with Gasteiger partial charge >= 0.3 is 6.18 Å². The summed E-state index contributed by atoms with van der Waals surface area (Å²) in [4.78, 5) is 3.48. The molecule has 1 aliphatic heterocycles. The topological polar surface area (TPSA) is 49.8 Å². The lowest BCUT2D eigenvalue weighted by Crippen LogP contribution is -2.24. The molecule has 2 heterocycles. The van der Waals surface area contributed by atoms with Crippen LogP contribution in [0.25, 0.3) is 0 Å². The Bertz CT molecular complexity index is 623. The zero-order valence-corrected chi connectivity index (χ0v) is 11.1. The number of hydrogen-bond acceptors (Lipinski definition) is 5. The van der Waals surface area contributed by atoms with Crippen molar-refractivity contribution in [1.29, 1.82) is 0 Å². The minimum Gasteiger partial charge on any atom is -0.330 e. The van der Waals surface area contributed by atoms with Crippen molar-refractivity contribution in [2.24, 2.45) is 0 Å². The lowest BCUT2D eigenvalue weighted by Gasteiger charge is -2.20. The largest absolute Gasteiger partial charge is 0.452 e. The number of aromatic nitrogens is 2. The van der Waals surface area contributed by atoms with E-state index in [2.05, 4.69) is 20.0 Å². The maximum atomic E-state index is 12.5. The van der Waals surface area contributed by atoms with Crippen LogP contribution in [0.3, 0.4) is 0 Å². The summed E-state index contributed by atoms with van der Waals surface area (Å²) >= 11 is 0.714. The van der Waals surface area contributed by atoms with E-state index < -0.39 is 12.0 Å². The molecule has 1 aromatic carbocycles. The Balaban J connectivity index is 1.86. The molecule has 1 aliphatic rings. The van der Waals surface area contributed by atoms with Crippen LogP contribution in [0.5, 0.6) is 0 Å². The third-order valence-corrected chi connectivity index (χ3v) is 3.69. The van der Waals surface area contributed by atoms with E-state index in [0.717, 1.165) is 36.3 Å². The highest BCUT2D eigenvalue weighted by atomic mass is 32.1. The van der Waals surface area contributed by atoms with Crippen molar-refractivity contribution in [1.82, 2.24) is 14.7 Å². The third kappa shape index (κ3) is 2.61. The fourth-order valence-corrected chi connectivity index (χ4v) is 2.75. The zero-order valence-electron chi connectivity index (χ0n) is 10.3. The van der Waals surface area contributed by atoms with Crippen molar-refractivity contribution in [3.8, 4) is 0 Å². The van der Waals surface area contributed by atoms with Gasteiger partial charge < -0.3 is 10.6 Å². The molecule has 2 aromatic rings. The highest BCUT2D eigenvalue weighted by Gasteiger charge is 2.36. The number of halogens is 3. The van der Waals surface area contributed by atoms with E-state index in [1.165, 1.54) is 0 Å². The normalized spacial score (nSPS) is 14.9. The van der Waals surface area contributed by atoms with Crippen LogP contribution in [-0.2, 0) is 19.1 Å². The zero-order chi connectivity index (χ0) is 14.2. The molecule has 8 heteroatoms. The molecule has 106 valence electrons. The smallest absolute Gasteiger partial charge is 0.330 e. The molecule has 1 aromatic heterocycles. The molecule has 0 fully saturated rings. The fraction of sp³-hybridized carbons (Fsp3) is 0.333. The molecule has 20 heavy (non-hydrogen) atoms. The summed E-state index contributed by atoms with van der Waals surface area (Å²) in [6.45, 7) is 1.63. The number of benzene rings is 1. The Morgan fingerprint density at radius 2 is 2.15 bits per heavy atom. The van der Waals surface area contributed by atoms with Gasteiger partial charge in [-0.25, -0.2) is 0 Å². The SMILES string of the molecule is FC(F)(F)c1nsc(Nc2cccc3c2CCNC3)n1.